The van der Waals surface area contributed by atoms with Gasteiger partial charge in [0.2, 0.25) is 16.1 Å². The number of hydrogen-bond donors (Lipinski definition) is 1. The van der Waals surface area contributed by atoms with Crippen molar-refractivity contribution in [3.8, 4) is 0 Å². The first kappa shape index (κ1) is 10.9. The van der Waals surface area contributed by atoms with Gasteiger partial charge in [-0.3, -0.25) is 4.72 Å². The highest BCUT2D eigenvalue weighted by Crippen LogP contribution is 2.30. The topological polar surface area (TPSA) is 75.6 Å². The van der Waals surface area contributed by atoms with E-state index >= 15 is 0 Å². The average molecular weight is 238 g/mol. The minimum absolute atomic E-state index is 0.272. The third-order valence-corrected chi connectivity index (χ3v) is 4.11. The van der Waals surface area contributed by atoms with Crippen LogP contribution in [0.3, 0.4) is 0 Å². The molecule has 5 nitrogen and oxygen atoms in total. The Morgan fingerprint density at radius 3 is 2.75 bits per heavy atom. The van der Waals surface area contributed by atoms with Gasteiger partial charge in [-0.05, 0) is 31.0 Å². The maximum absolute atomic E-state index is 11.6. The Morgan fingerprint density at radius 2 is 2.12 bits per heavy atom. The monoisotopic (exact) mass is 238 g/mol. The van der Waals surface area contributed by atoms with E-state index in [1.165, 1.54) is 12.1 Å². The second-order valence-corrected chi connectivity index (χ2v) is 5.56. The molecular formula is C10H10N2O3S. The van der Waals surface area contributed by atoms with E-state index < -0.39 is 10.0 Å². The van der Waals surface area contributed by atoms with Crippen LogP contribution in [-0.2, 0) is 14.8 Å². The van der Waals surface area contributed by atoms with E-state index in [-0.39, 0.29) is 5.25 Å². The normalized spacial score (nSPS) is 15.2. The summed E-state index contributed by atoms with van der Waals surface area (Å²) in [5.41, 5.74) is 0.800. The molecule has 0 amide bonds. The fraction of sp³-hybridized carbons (Fsp3) is 0.300. The van der Waals surface area contributed by atoms with Crippen LogP contribution in [0.4, 0.5) is 11.4 Å². The van der Waals surface area contributed by atoms with Crippen molar-refractivity contribution >= 4 is 27.5 Å². The molecule has 1 aliphatic rings. The van der Waals surface area contributed by atoms with E-state index in [2.05, 4.69) is 9.71 Å². The lowest BCUT2D eigenvalue weighted by Crippen LogP contribution is -2.17. The molecular weight excluding hydrogens is 228 g/mol. The summed E-state index contributed by atoms with van der Waals surface area (Å²) in [5.74, 6) is 0. The summed E-state index contributed by atoms with van der Waals surface area (Å²) in [7, 11) is -3.26. The Labute approximate surface area is 93.3 Å². The van der Waals surface area contributed by atoms with Gasteiger partial charge in [-0.2, -0.15) is 4.99 Å². The molecule has 0 aromatic heterocycles. The first-order chi connectivity index (χ1) is 7.62. The molecule has 1 aromatic rings. The summed E-state index contributed by atoms with van der Waals surface area (Å²) in [6.07, 6.45) is 2.83. The molecule has 0 heterocycles. The Morgan fingerprint density at radius 1 is 1.38 bits per heavy atom. The quantitative estimate of drug-likeness (QED) is 0.638. The zero-order valence-corrected chi connectivity index (χ0v) is 9.20. The van der Waals surface area contributed by atoms with Gasteiger partial charge in [-0.1, -0.05) is 6.07 Å². The molecule has 1 fully saturated rings. The summed E-state index contributed by atoms with van der Waals surface area (Å²) in [5, 5.41) is -0.272. The summed E-state index contributed by atoms with van der Waals surface area (Å²) < 4.78 is 25.7. The van der Waals surface area contributed by atoms with Crippen LogP contribution in [0.5, 0.6) is 0 Å². The maximum Gasteiger partial charge on any atom is 0.240 e. The number of aliphatic imine (C=N–C) groups is 1. The third-order valence-electron chi connectivity index (χ3n) is 2.24. The van der Waals surface area contributed by atoms with E-state index in [4.69, 9.17) is 0 Å². The highest BCUT2D eigenvalue weighted by Gasteiger charge is 2.35. The SMILES string of the molecule is O=C=Nc1cccc(NS(=O)(=O)C2CC2)c1. The van der Waals surface area contributed by atoms with Gasteiger partial charge >= 0.3 is 0 Å². The number of anilines is 1. The maximum atomic E-state index is 11.6. The van der Waals surface area contributed by atoms with Crippen LogP contribution in [0.2, 0.25) is 0 Å². The van der Waals surface area contributed by atoms with Crippen molar-refractivity contribution in [1.82, 2.24) is 0 Å². The molecule has 16 heavy (non-hydrogen) atoms. The highest BCUT2D eigenvalue weighted by molar-refractivity contribution is 7.93. The largest absolute Gasteiger partial charge is 0.283 e. The van der Waals surface area contributed by atoms with Crippen molar-refractivity contribution in [3.05, 3.63) is 24.3 Å². The van der Waals surface area contributed by atoms with E-state index in [1.54, 1.807) is 18.2 Å². The van der Waals surface area contributed by atoms with Gasteiger partial charge in [0.1, 0.15) is 0 Å². The first-order valence-corrected chi connectivity index (χ1v) is 6.36. The zero-order chi connectivity index (χ0) is 11.6. The van der Waals surface area contributed by atoms with Crippen LogP contribution in [0.1, 0.15) is 12.8 Å². The summed E-state index contributed by atoms with van der Waals surface area (Å²) in [6.45, 7) is 0. The molecule has 0 saturated heterocycles. The number of nitrogens with one attached hydrogen (secondary N) is 1. The van der Waals surface area contributed by atoms with Gasteiger partial charge < -0.3 is 0 Å². The lowest BCUT2D eigenvalue weighted by atomic mass is 10.3. The Bertz CT molecular complexity index is 543. The van der Waals surface area contributed by atoms with Gasteiger partial charge in [-0.15, -0.1) is 0 Å². The predicted molar refractivity (Wildman–Crippen MR) is 59.8 cm³/mol. The summed E-state index contributed by atoms with van der Waals surface area (Å²) in [4.78, 5) is 13.5. The van der Waals surface area contributed by atoms with Crippen LogP contribution in [0.25, 0.3) is 0 Å². The van der Waals surface area contributed by atoms with Gasteiger partial charge in [0.05, 0.1) is 16.6 Å². The molecule has 1 aliphatic carbocycles. The Kier molecular flexibility index (Phi) is 2.77. The molecule has 2 rings (SSSR count). The molecule has 0 unspecified atom stereocenters. The number of hydrogen-bond acceptors (Lipinski definition) is 4. The van der Waals surface area contributed by atoms with Crippen molar-refractivity contribution in [2.45, 2.75) is 18.1 Å². The molecule has 84 valence electrons. The standard InChI is InChI=1S/C10H10N2O3S/c13-7-11-8-2-1-3-9(6-8)12-16(14,15)10-4-5-10/h1-3,6,10,12H,4-5H2. The van der Waals surface area contributed by atoms with Crippen molar-refractivity contribution in [2.24, 2.45) is 4.99 Å². The van der Waals surface area contributed by atoms with Crippen LogP contribution < -0.4 is 4.72 Å². The van der Waals surface area contributed by atoms with Crippen molar-refractivity contribution in [3.63, 3.8) is 0 Å². The minimum Gasteiger partial charge on any atom is -0.283 e. The minimum atomic E-state index is -3.26. The molecule has 1 N–H and O–H groups in total. The van der Waals surface area contributed by atoms with Crippen molar-refractivity contribution in [2.75, 3.05) is 4.72 Å². The molecule has 6 heteroatoms. The summed E-state index contributed by atoms with van der Waals surface area (Å²) in [6, 6.07) is 6.33. The number of sulfonamides is 1. The van der Waals surface area contributed by atoms with Crippen LogP contribution >= 0.6 is 0 Å². The average Bonchev–Trinajstić information content (AvgIpc) is 3.01. The van der Waals surface area contributed by atoms with Gasteiger partial charge in [0.25, 0.3) is 0 Å². The van der Waals surface area contributed by atoms with E-state index in [1.807, 2.05) is 0 Å². The van der Waals surface area contributed by atoms with Gasteiger partial charge in [0.15, 0.2) is 0 Å². The second kappa shape index (κ2) is 4.08. The fourth-order valence-electron chi connectivity index (χ4n) is 1.32. The molecule has 0 radical (unpaired) electrons. The molecule has 1 saturated carbocycles. The smallest absolute Gasteiger partial charge is 0.240 e. The lowest BCUT2D eigenvalue weighted by Gasteiger charge is -2.06. The Balaban J connectivity index is 2.21. The van der Waals surface area contributed by atoms with Crippen LogP contribution in [0, 0.1) is 0 Å². The second-order valence-electron chi connectivity index (χ2n) is 3.60. The first-order valence-electron chi connectivity index (χ1n) is 4.81. The van der Waals surface area contributed by atoms with Crippen LogP contribution in [-0.4, -0.2) is 19.7 Å². The third kappa shape index (κ3) is 2.48. The molecule has 0 aliphatic heterocycles. The van der Waals surface area contributed by atoms with E-state index in [9.17, 15) is 13.2 Å². The number of nitrogens with zero attached hydrogens (tertiary/aromatic N) is 1. The Hall–Kier alpha value is -1.65. The molecule has 0 bridgehead atoms. The number of isocyanates is 1. The lowest BCUT2D eigenvalue weighted by molar-refractivity contribution is 0.565. The molecule has 0 atom stereocenters. The number of benzene rings is 1. The highest BCUT2D eigenvalue weighted by atomic mass is 32.2. The van der Waals surface area contributed by atoms with Crippen LogP contribution in [0.15, 0.2) is 29.3 Å². The van der Waals surface area contributed by atoms with E-state index in [0.717, 1.165) is 0 Å². The van der Waals surface area contributed by atoms with Gasteiger partial charge in [-0.25, -0.2) is 13.2 Å². The van der Waals surface area contributed by atoms with E-state index in [0.29, 0.717) is 24.2 Å². The molecule has 1 aromatic carbocycles. The van der Waals surface area contributed by atoms with Crippen molar-refractivity contribution < 1.29 is 13.2 Å². The molecule has 0 spiro atoms. The number of rotatable bonds is 4. The fourth-order valence-corrected chi connectivity index (χ4v) is 2.70. The van der Waals surface area contributed by atoms with Gasteiger partial charge in [0, 0.05) is 0 Å². The zero-order valence-electron chi connectivity index (χ0n) is 8.38. The number of carbonyl (C=O) groups excluding carboxylic acids is 1. The summed E-state index contributed by atoms with van der Waals surface area (Å²) >= 11 is 0. The predicted octanol–water partition coefficient (Wildman–Crippen LogP) is 1.56. The van der Waals surface area contributed by atoms with Crippen molar-refractivity contribution in [1.29, 1.82) is 0 Å².